The van der Waals surface area contributed by atoms with Crippen molar-refractivity contribution in [2.75, 3.05) is 5.73 Å². The first-order valence-electron chi connectivity index (χ1n) is 4.88. The summed E-state index contributed by atoms with van der Waals surface area (Å²) in [6.45, 7) is 4.79. The molecule has 2 rings (SSSR count). The molecule has 0 aromatic carbocycles. The van der Waals surface area contributed by atoms with Crippen molar-refractivity contribution in [1.82, 2.24) is 15.0 Å². The van der Waals surface area contributed by atoms with Crippen LogP contribution in [-0.4, -0.2) is 15.0 Å². The molecule has 5 nitrogen and oxygen atoms in total. The van der Waals surface area contributed by atoms with Crippen molar-refractivity contribution in [2.45, 2.75) is 26.3 Å². The third-order valence-corrected chi connectivity index (χ3v) is 2.26. The van der Waals surface area contributed by atoms with Crippen LogP contribution in [-0.2, 0) is 6.54 Å². The minimum absolute atomic E-state index is 0.312. The van der Waals surface area contributed by atoms with Crippen LogP contribution in [0, 0.1) is 0 Å². The molecule has 0 unspecified atom stereocenters. The molecule has 15 heavy (non-hydrogen) atoms. The Balaban J connectivity index is 2.29. The van der Waals surface area contributed by atoms with Crippen molar-refractivity contribution in [3.63, 3.8) is 0 Å². The molecule has 0 aliphatic rings. The Hall–Kier alpha value is -1.78. The van der Waals surface area contributed by atoms with Crippen LogP contribution in [0.4, 0.5) is 5.82 Å². The summed E-state index contributed by atoms with van der Waals surface area (Å²) in [6.07, 6.45) is 3.34. The average Bonchev–Trinajstić information content (AvgIpc) is 2.76. The quantitative estimate of drug-likeness (QED) is 0.828. The molecule has 0 radical (unpaired) electrons. The predicted octanol–water partition coefficient (Wildman–Crippen LogP) is 1.62. The van der Waals surface area contributed by atoms with E-state index >= 15 is 0 Å². The van der Waals surface area contributed by atoms with Crippen LogP contribution in [0.2, 0.25) is 0 Å². The Bertz CT molecular complexity index is 430. The monoisotopic (exact) mass is 206 g/mol. The van der Waals surface area contributed by atoms with Gasteiger partial charge in [-0.3, -0.25) is 0 Å². The molecule has 5 heteroatoms. The molecule has 80 valence electrons. The first kappa shape index (κ1) is 9.76. The molecule has 0 atom stereocenters. The number of hydrogen-bond acceptors (Lipinski definition) is 4. The van der Waals surface area contributed by atoms with E-state index in [0.29, 0.717) is 18.3 Å². The number of rotatable bonds is 3. The number of nitrogens with two attached hydrogens (primary N) is 1. The smallest absolute Gasteiger partial charge is 0.169 e. The largest absolute Gasteiger partial charge is 0.472 e. The average molecular weight is 206 g/mol. The summed E-state index contributed by atoms with van der Waals surface area (Å²) in [4.78, 5) is 0. The minimum atomic E-state index is 0.312. The van der Waals surface area contributed by atoms with Gasteiger partial charge >= 0.3 is 0 Å². The van der Waals surface area contributed by atoms with E-state index in [1.165, 1.54) is 0 Å². The predicted molar refractivity (Wildman–Crippen MR) is 56.3 cm³/mol. The second-order valence-electron chi connectivity index (χ2n) is 3.80. The molecule has 0 saturated carbocycles. The molecular weight excluding hydrogens is 192 g/mol. The van der Waals surface area contributed by atoms with E-state index in [1.54, 1.807) is 12.5 Å². The molecule has 0 fully saturated rings. The SMILES string of the molecule is CC(C)c1c(N)nnn1Cc1ccoc1. The van der Waals surface area contributed by atoms with Crippen molar-refractivity contribution in [2.24, 2.45) is 0 Å². The number of anilines is 1. The third-order valence-electron chi connectivity index (χ3n) is 2.26. The summed E-state index contributed by atoms with van der Waals surface area (Å²) in [7, 11) is 0. The van der Waals surface area contributed by atoms with Gasteiger partial charge in [-0.1, -0.05) is 19.1 Å². The van der Waals surface area contributed by atoms with E-state index in [-0.39, 0.29) is 0 Å². The lowest BCUT2D eigenvalue weighted by Crippen LogP contribution is -2.08. The number of furan rings is 1. The summed E-state index contributed by atoms with van der Waals surface area (Å²) in [5.74, 6) is 0.820. The van der Waals surface area contributed by atoms with E-state index in [2.05, 4.69) is 24.2 Å². The van der Waals surface area contributed by atoms with Gasteiger partial charge in [0.25, 0.3) is 0 Å². The van der Waals surface area contributed by atoms with Crippen LogP contribution in [0.15, 0.2) is 23.0 Å². The van der Waals surface area contributed by atoms with E-state index in [9.17, 15) is 0 Å². The fourth-order valence-electron chi connectivity index (χ4n) is 1.60. The first-order chi connectivity index (χ1) is 7.18. The molecule has 0 bridgehead atoms. The molecule has 0 spiro atoms. The molecule has 0 aliphatic heterocycles. The fourth-order valence-corrected chi connectivity index (χ4v) is 1.60. The Labute approximate surface area is 87.9 Å². The molecule has 2 N–H and O–H groups in total. The van der Waals surface area contributed by atoms with Crippen molar-refractivity contribution in [3.8, 4) is 0 Å². The summed E-state index contributed by atoms with van der Waals surface area (Å²) < 4.78 is 6.81. The zero-order valence-corrected chi connectivity index (χ0v) is 8.84. The third kappa shape index (κ3) is 1.86. The fraction of sp³-hybridized carbons (Fsp3) is 0.400. The van der Waals surface area contributed by atoms with Crippen molar-refractivity contribution in [3.05, 3.63) is 29.9 Å². The Morgan fingerprint density at radius 2 is 2.33 bits per heavy atom. The van der Waals surface area contributed by atoms with Gasteiger partial charge in [-0.2, -0.15) is 0 Å². The maximum absolute atomic E-state index is 5.75. The van der Waals surface area contributed by atoms with Gasteiger partial charge in [0.15, 0.2) is 5.82 Å². The van der Waals surface area contributed by atoms with E-state index in [0.717, 1.165) is 11.3 Å². The van der Waals surface area contributed by atoms with Crippen LogP contribution >= 0.6 is 0 Å². The van der Waals surface area contributed by atoms with Gasteiger partial charge < -0.3 is 10.2 Å². The standard InChI is InChI=1S/C10H14N4O/c1-7(2)9-10(11)12-13-14(9)5-8-3-4-15-6-8/h3-4,6-7H,5,11H2,1-2H3. The Kier molecular flexibility index (Phi) is 2.45. The molecule has 2 aromatic rings. The van der Waals surface area contributed by atoms with Gasteiger partial charge in [0.1, 0.15) is 0 Å². The summed E-state index contributed by atoms with van der Waals surface area (Å²) >= 11 is 0. The van der Waals surface area contributed by atoms with Gasteiger partial charge in [0.05, 0.1) is 24.8 Å². The highest BCUT2D eigenvalue weighted by Gasteiger charge is 2.13. The van der Waals surface area contributed by atoms with Gasteiger partial charge in [-0.15, -0.1) is 5.10 Å². The minimum Gasteiger partial charge on any atom is -0.472 e. The highest BCUT2D eigenvalue weighted by molar-refractivity contribution is 5.35. The highest BCUT2D eigenvalue weighted by Crippen LogP contribution is 2.19. The molecular formula is C10H14N4O. The van der Waals surface area contributed by atoms with Gasteiger partial charge in [-0.05, 0) is 12.0 Å². The number of nitrogens with zero attached hydrogens (tertiary/aromatic N) is 3. The maximum atomic E-state index is 5.75. The molecule has 2 aromatic heterocycles. The maximum Gasteiger partial charge on any atom is 0.169 e. The lowest BCUT2D eigenvalue weighted by molar-refractivity contribution is 0.552. The number of hydrogen-bond donors (Lipinski definition) is 1. The number of aromatic nitrogens is 3. The van der Waals surface area contributed by atoms with Crippen LogP contribution < -0.4 is 5.73 Å². The number of nitrogen functional groups attached to an aromatic ring is 1. The summed E-state index contributed by atoms with van der Waals surface area (Å²) in [5.41, 5.74) is 7.78. The molecule has 0 saturated heterocycles. The Morgan fingerprint density at radius 3 is 2.93 bits per heavy atom. The lowest BCUT2D eigenvalue weighted by atomic mass is 10.1. The van der Waals surface area contributed by atoms with Crippen LogP contribution in [0.25, 0.3) is 0 Å². The van der Waals surface area contributed by atoms with E-state index in [1.807, 2.05) is 10.7 Å². The van der Waals surface area contributed by atoms with Crippen molar-refractivity contribution in [1.29, 1.82) is 0 Å². The van der Waals surface area contributed by atoms with Gasteiger partial charge in [0.2, 0.25) is 0 Å². The van der Waals surface area contributed by atoms with Crippen molar-refractivity contribution >= 4 is 5.82 Å². The molecule has 0 aliphatic carbocycles. The van der Waals surface area contributed by atoms with Crippen LogP contribution in [0.1, 0.15) is 31.0 Å². The van der Waals surface area contributed by atoms with Gasteiger partial charge in [-0.25, -0.2) is 4.68 Å². The molecule has 2 heterocycles. The first-order valence-corrected chi connectivity index (χ1v) is 4.88. The van der Waals surface area contributed by atoms with Crippen molar-refractivity contribution < 1.29 is 4.42 Å². The zero-order valence-electron chi connectivity index (χ0n) is 8.84. The summed E-state index contributed by atoms with van der Waals surface area (Å²) in [6, 6.07) is 1.90. The lowest BCUT2D eigenvalue weighted by Gasteiger charge is -2.08. The topological polar surface area (TPSA) is 69.9 Å². The summed E-state index contributed by atoms with van der Waals surface area (Å²) in [5, 5.41) is 7.89. The highest BCUT2D eigenvalue weighted by atomic mass is 16.3. The normalized spacial score (nSPS) is 11.1. The van der Waals surface area contributed by atoms with Crippen LogP contribution in [0.5, 0.6) is 0 Å². The zero-order chi connectivity index (χ0) is 10.8. The molecule has 0 amide bonds. The second-order valence-corrected chi connectivity index (χ2v) is 3.80. The Morgan fingerprint density at radius 1 is 1.53 bits per heavy atom. The van der Waals surface area contributed by atoms with E-state index < -0.39 is 0 Å². The van der Waals surface area contributed by atoms with Crippen LogP contribution in [0.3, 0.4) is 0 Å². The second kappa shape index (κ2) is 3.76. The van der Waals surface area contributed by atoms with Gasteiger partial charge in [0, 0.05) is 5.56 Å². The van der Waals surface area contributed by atoms with E-state index in [4.69, 9.17) is 10.2 Å².